The van der Waals surface area contributed by atoms with Crippen molar-refractivity contribution in [1.82, 2.24) is 5.48 Å². The number of aliphatic hydroxyl groups excluding tert-OH is 2. The zero-order chi connectivity index (χ0) is 7.11. The summed E-state index contributed by atoms with van der Waals surface area (Å²) >= 11 is 0. The molecule has 0 aromatic rings. The van der Waals surface area contributed by atoms with Crippen LogP contribution in [0.3, 0.4) is 0 Å². The van der Waals surface area contributed by atoms with Crippen LogP contribution >= 0.6 is 0 Å². The van der Waals surface area contributed by atoms with Crippen LogP contribution in [0.2, 0.25) is 0 Å². The van der Waals surface area contributed by atoms with Crippen LogP contribution in [0, 0.1) is 0 Å². The Morgan fingerprint density at radius 1 is 1.33 bits per heavy atom. The molecule has 0 aliphatic rings. The van der Waals surface area contributed by atoms with E-state index in [0.29, 0.717) is 12.8 Å². The summed E-state index contributed by atoms with van der Waals surface area (Å²) in [5.41, 5.74) is 1.93. The molecule has 4 nitrogen and oxygen atoms in total. The predicted molar refractivity (Wildman–Crippen MR) is 32.1 cm³/mol. The minimum atomic E-state index is -0.294. The van der Waals surface area contributed by atoms with Gasteiger partial charge in [0.25, 0.3) is 0 Å². The van der Waals surface area contributed by atoms with E-state index in [0.717, 1.165) is 0 Å². The van der Waals surface area contributed by atoms with E-state index >= 15 is 0 Å². The molecule has 0 rings (SSSR count). The van der Waals surface area contributed by atoms with E-state index in [1.54, 1.807) is 0 Å². The highest BCUT2D eigenvalue weighted by Gasteiger charge is 2.02. The van der Waals surface area contributed by atoms with E-state index in [9.17, 15) is 0 Å². The van der Waals surface area contributed by atoms with Crippen LogP contribution in [0.25, 0.3) is 0 Å². The van der Waals surface area contributed by atoms with Crippen molar-refractivity contribution in [2.24, 2.45) is 0 Å². The van der Waals surface area contributed by atoms with Gasteiger partial charge in [-0.15, -0.1) is 0 Å². The largest absolute Gasteiger partial charge is 0.396 e. The van der Waals surface area contributed by atoms with E-state index in [1.807, 2.05) is 5.48 Å². The van der Waals surface area contributed by atoms with Crippen molar-refractivity contribution in [3.63, 3.8) is 0 Å². The normalized spacial score (nSPS) is 13.7. The Hall–Kier alpha value is -0.160. The van der Waals surface area contributed by atoms with Crippen molar-refractivity contribution in [1.29, 1.82) is 0 Å². The average molecular weight is 135 g/mol. The van der Waals surface area contributed by atoms with E-state index in [1.165, 1.54) is 0 Å². The van der Waals surface area contributed by atoms with Gasteiger partial charge in [0.1, 0.15) is 0 Å². The van der Waals surface area contributed by atoms with Crippen molar-refractivity contribution in [2.45, 2.75) is 18.9 Å². The molecule has 0 saturated carbocycles. The summed E-state index contributed by atoms with van der Waals surface area (Å²) in [6.45, 7) is -0.00528. The van der Waals surface area contributed by atoms with Gasteiger partial charge in [-0.1, -0.05) is 0 Å². The maximum absolute atomic E-state index is 8.45. The summed E-state index contributed by atoms with van der Waals surface area (Å²) in [6.07, 6.45) is 1.18. The average Bonchev–Trinajstić information content (AvgIpc) is 1.91. The van der Waals surface area contributed by atoms with E-state index in [2.05, 4.69) is 0 Å². The van der Waals surface area contributed by atoms with Gasteiger partial charge in [0.2, 0.25) is 0 Å². The summed E-state index contributed by atoms with van der Waals surface area (Å²) in [5, 5.41) is 25.0. The molecule has 0 spiro atoms. The second-order valence-corrected chi connectivity index (χ2v) is 1.87. The zero-order valence-corrected chi connectivity index (χ0v) is 5.25. The van der Waals surface area contributed by atoms with Crippen LogP contribution in [0.15, 0.2) is 0 Å². The molecule has 1 atom stereocenters. The molecule has 0 radical (unpaired) electrons. The van der Waals surface area contributed by atoms with Crippen LogP contribution in [0.4, 0.5) is 0 Å². The molecule has 4 N–H and O–H groups in total. The lowest BCUT2D eigenvalue weighted by Gasteiger charge is -2.09. The van der Waals surface area contributed by atoms with Crippen LogP contribution in [0.5, 0.6) is 0 Å². The summed E-state index contributed by atoms with van der Waals surface area (Å²) in [6, 6.07) is -0.294. The summed E-state index contributed by atoms with van der Waals surface area (Å²) in [5.74, 6) is 0. The second-order valence-electron chi connectivity index (χ2n) is 1.87. The highest BCUT2D eigenvalue weighted by molar-refractivity contribution is 4.58. The van der Waals surface area contributed by atoms with Gasteiger partial charge >= 0.3 is 0 Å². The first-order valence-electron chi connectivity index (χ1n) is 2.96. The monoisotopic (exact) mass is 135 g/mol. The van der Waals surface area contributed by atoms with E-state index in [4.69, 9.17) is 15.4 Å². The van der Waals surface area contributed by atoms with Gasteiger partial charge in [-0.2, -0.15) is 0 Å². The van der Waals surface area contributed by atoms with Crippen LogP contribution in [-0.4, -0.2) is 34.7 Å². The van der Waals surface area contributed by atoms with E-state index in [-0.39, 0.29) is 19.3 Å². The maximum atomic E-state index is 8.45. The molecule has 0 aliphatic carbocycles. The van der Waals surface area contributed by atoms with Crippen molar-refractivity contribution in [3.8, 4) is 0 Å². The van der Waals surface area contributed by atoms with E-state index < -0.39 is 0 Å². The minimum absolute atomic E-state index is 0.0954. The number of hydrogen-bond acceptors (Lipinski definition) is 4. The molecular weight excluding hydrogens is 122 g/mol. The standard InChI is InChI=1S/C5H13NO3/c7-3-1-2-5(4-8)6-9/h5-9H,1-4H2. The molecule has 0 bridgehead atoms. The highest BCUT2D eigenvalue weighted by atomic mass is 16.5. The molecule has 9 heavy (non-hydrogen) atoms. The molecule has 0 amide bonds. The number of nitrogens with one attached hydrogen (secondary N) is 1. The number of hydroxylamine groups is 1. The number of rotatable bonds is 5. The maximum Gasteiger partial charge on any atom is 0.0607 e. The molecule has 0 fully saturated rings. The fourth-order valence-corrected chi connectivity index (χ4v) is 0.534. The summed E-state index contributed by atoms with van der Waals surface area (Å²) in [7, 11) is 0. The third-order valence-corrected chi connectivity index (χ3v) is 1.11. The molecule has 0 aromatic carbocycles. The van der Waals surface area contributed by atoms with Gasteiger partial charge in [0.05, 0.1) is 12.6 Å². The Balaban J connectivity index is 3.09. The molecule has 4 heteroatoms. The zero-order valence-electron chi connectivity index (χ0n) is 5.25. The van der Waals surface area contributed by atoms with Crippen molar-refractivity contribution < 1.29 is 15.4 Å². The fourth-order valence-electron chi connectivity index (χ4n) is 0.534. The summed E-state index contributed by atoms with van der Waals surface area (Å²) < 4.78 is 0. The van der Waals surface area contributed by atoms with Gasteiger partial charge in [-0.25, -0.2) is 5.48 Å². The third kappa shape index (κ3) is 4.35. The summed E-state index contributed by atoms with van der Waals surface area (Å²) in [4.78, 5) is 0. The van der Waals surface area contributed by atoms with Crippen LogP contribution in [-0.2, 0) is 0 Å². The van der Waals surface area contributed by atoms with Gasteiger partial charge in [0, 0.05) is 6.61 Å². The molecular formula is C5H13NO3. The molecule has 1 unspecified atom stereocenters. The first kappa shape index (κ1) is 8.84. The van der Waals surface area contributed by atoms with Gasteiger partial charge in [0.15, 0.2) is 0 Å². The first-order valence-corrected chi connectivity index (χ1v) is 2.96. The Kier molecular flexibility index (Phi) is 5.86. The SMILES string of the molecule is OCCCC(CO)NO. The van der Waals surface area contributed by atoms with Crippen LogP contribution < -0.4 is 5.48 Å². The highest BCUT2D eigenvalue weighted by Crippen LogP contribution is 1.93. The number of aliphatic hydroxyl groups is 2. The molecule has 56 valence electrons. The Bertz CT molecular complexity index is 56.2. The lowest BCUT2D eigenvalue weighted by molar-refractivity contribution is 0.0825. The minimum Gasteiger partial charge on any atom is -0.396 e. The van der Waals surface area contributed by atoms with Crippen molar-refractivity contribution in [3.05, 3.63) is 0 Å². The van der Waals surface area contributed by atoms with Gasteiger partial charge in [-0.3, -0.25) is 0 Å². The Morgan fingerprint density at radius 3 is 2.33 bits per heavy atom. The van der Waals surface area contributed by atoms with Crippen molar-refractivity contribution in [2.75, 3.05) is 13.2 Å². The topological polar surface area (TPSA) is 72.7 Å². The van der Waals surface area contributed by atoms with Crippen LogP contribution in [0.1, 0.15) is 12.8 Å². The first-order chi connectivity index (χ1) is 4.35. The molecule has 0 aliphatic heterocycles. The molecule has 0 saturated heterocycles. The van der Waals surface area contributed by atoms with Crippen molar-refractivity contribution >= 4 is 0 Å². The predicted octanol–water partition coefficient (Wildman–Crippen LogP) is -0.901. The lowest BCUT2D eigenvalue weighted by atomic mass is 10.2. The van der Waals surface area contributed by atoms with Gasteiger partial charge < -0.3 is 15.4 Å². The smallest absolute Gasteiger partial charge is 0.0607 e. The third-order valence-electron chi connectivity index (χ3n) is 1.11. The number of hydrogen-bond donors (Lipinski definition) is 4. The fraction of sp³-hybridized carbons (Fsp3) is 1.00. The molecule has 0 aromatic heterocycles. The quantitative estimate of drug-likeness (QED) is 0.369. The Labute approximate surface area is 54.1 Å². The Morgan fingerprint density at radius 2 is 2.00 bits per heavy atom. The molecule has 0 heterocycles. The van der Waals surface area contributed by atoms with Gasteiger partial charge in [-0.05, 0) is 12.8 Å². The second kappa shape index (κ2) is 5.97. The lowest BCUT2D eigenvalue weighted by Crippen LogP contribution is -2.29.